The third kappa shape index (κ3) is 41.2. The fraction of sp³-hybridized carbons (Fsp3) is 0.630. The number of ether oxygens (including phenoxy) is 2. The largest absolute Gasteiger partial charge is 0.480 e. The summed E-state index contributed by atoms with van der Waals surface area (Å²) in [5.41, 5.74) is 5.32. The van der Waals surface area contributed by atoms with E-state index in [1.165, 1.54) is 19.3 Å². The molecule has 0 aliphatic carbocycles. The molecule has 0 aliphatic rings. The molecule has 336 valence electrons. The van der Waals surface area contributed by atoms with Gasteiger partial charge >= 0.3 is 25.7 Å². The van der Waals surface area contributed by atoms with Gasteiger partial charge in [-0.05, 0) is 96.3 Å². The lowest BCUT2D eigenvalue weighted by Gasteiger charge is -2.20. The normalized spacial score (nSPS) is 14.5. The Labute approximate surface area is 355 Å². The molecule has 0 heterocycles. The highest BCUT2D eigenvalue weighted by Gasteiger charge is 2.28. The smallest absolute Gasteiger partial charge is 0.472 e. The number of aliphatic hydroxyl groups excluding tert-OH is 1. The Balaban J connectivity index is 4.52. The zero-order valence-electron chi connectivity index (χ0n) is 35.8. The van der Waals surface area contributed by atoms with Gasteiger partial charge in [-0.15, -0.1) is 0 Å². The van der Waals surface area contributed by atoms with E-state index in [1.54, 1.807) is 0 Å². The monoisotopic (exact) mass is 850 g/mol. The number of phosphoric ester groups is 1. The molecule has 0 saturated carbocycles. The first-order chi connectivity index (χ1) is 28.6. The number of aliphatic hydroxyl groups is 1. The molecular formula is C46H76NO11P. The van der Waals surface area contributed by atoms with Crippen LogP contribution in [-0.2, 0) is 37.5 Å². The molecule has 0 aromatic carbocycles. The molecule has 0 saturated heterocycles. The molecule has 0 radical (unpaired) electrons. The van der Waals surface area contributed by atoms with Gasteiger partial charge in [0.15, 0.2) is 6.10 Å². The number of carbonyl (C=O) groups is 3. The molecule has 0 rings (SSSR count). The number of allylic oxidation sites excluding steroid dienone is 14. The highest BCUT2D eigenvalue weighted by atomic mass is 31.2. The molecule has 0 fully saturated rings. The van der Waals surface area contributed by atoms with Crippen LogP contribution in [0.3, 0.4) is 0 Å². The number of unbranched alkanes of at least 4 members (excludes halogenated alkanes) is 11. The Hall–Kier alpha value is -3.38. The van der Waals surface area contributed by atoms with Gasteiger partial charge < -0.3 is 30.3 Å². The van der Waals surface area contributed by atoms with Crippen LogP contribution in [0, 0.1) is 0 Å². The molecule has 0 aromatic rings. The van der Waals surface area contributed by atoms with E-state index in [9.17, 15) is 23.8 Å². The number of hydrogen-bond acceptors (Lipinski definition) is 10. The highest BCUT2D eigenvalue weighted by molar-refractivity contribution is 7.47. The number of carbonyl (C=O) groups excluding carboxylic acids is 2. The molecule has 13 heteroatoms. The first-order valence-electron chi connectivity index (χ1n) is 21.7. The summed E-state index contributed by atoms with van der Waals surface area (Å²) in [5.74, 6) is -2.51. The van der Waals surface area contributed by atoms with Gasteiger partial charge in [0.2, 0.25) is 0 Å². The van der Waals surface area contributed by atoms with Gasteiger partial charge in [0.25, 0.3) is 0 Å². The SMILES string of the molecule is CCCCC/C=C\C/C=C\C/C=C\CCCCCCC(=O)O[C@H](COC(=O)CCC/C=C\C/C=C\C/C=C\C/C=C\CCCCCO)COP(=O)(O)OC[C@H](N)C(=O)O. The average Bonchev–Trinajstić information content (AvgIpc) is 3.21. The molecule has 59 heavy (non-hydrogen) atoms. The van der Waals surface area contributed by atoms with Crippen molar-refractivity contribution in [1.29, 1.82) is 0 Å². The van der Waals surface area contributed by atoms with Crippen molar-refractivity contribution >= 4 is 25.7 Å². The number of phosphoric acid groups is 1. The Bertz CT molecular complexity index is 1320. The summed E-state index contributed by atoms with van der Waals surface area (Å²) >= 11 is 0. The first-order valence-corrected chi connectivity index (χ1v) is 23.2. The van der Waals surface area contributed by atoms with Gasteiger partial charge in [0, 0.05) is 19.4 Å². The van der Waals surface area contributed by atoms with E-state index >= 15 is 0 Å². The summed E-state index contributed by atoms with van der Waals surface area (Å²) in [6, 6.07) is -1.54. The second-order valence-electron chi connectivity index (χ2n) is 14.2. The summed E-state index contributed by atoms with van der Waals surface area (Å²) in [6.07, 6.45) is 48.1. The maximum absolute atomic E-state index is 12.6. The molecule has 5 N–H and O–H groups in total. The van der Waals surface area contributed by atoms with Crippen molar-refractivity contribution in [2.24, 2.45) is 5.73 Å². The van der Waals surface area contributed by atoms with Crippen LogP contribution in [0.4, 0.5) is 0 Å². The minimum atomic E-state index is -4.75. The highest BCUT2D eigenvalue weighted by Crippen LogP contribution is 2.43. The van der Waals surface area contributed by atoms with E-state index < -0.39 is 57.7 Å². The maximum Gasteiger partial charge on any atom is 0.472 e. The Kier molecular flexibility index (Phi) is 39.0. The topological polar surface area (TPSA) is 192 Å². The van der Waals surface area contributed by atoms with E-state index in [1.807, 2.05) is 12.2 Å². The van der Waals surface area contributed by atoms with E-state index in [0.29, 0.717) is 19.3 Å². The number of carboxylic acid groups (broad SMARTS) is 1. The van der Waals surface area contributed by atoms with Crippen LogP contribution in [0.5, 0.6) is 0 Å². The van der Waals surface area contributed by atoms with Crippen LogP contribution in [0.15, 0.2) is 85.1 Å². The lowest BCUT2D eigenvalue weighted by molar-refractivity contribution is -0.161. The van der Waals surface area contributed by atoms with Crippen molar-refractivity contribution in [1.82, 2.24) is 0 Å². The van der Waals surface area contributed by atoms with Gasteiger partial charge in [-0.1, -0.05) is 124 Å². The van der Waals surface area contributed by atoms with Gasteiger partial charge in [-0.2, -0.15) is 0 Å². The molecule has 0 aliphatic heterocycles. The Morgan fingerprint density at radius 2 is 0.983 bits per heavy atom. The average molecular weight is 850 g/mol. The van der Waals surface area contributed by atoms with Crippen LogP contribution < -0.4 is 5.73 Å². The molecule has 0 aromatic heterocycles. The Morgan fingerprint density at radius 3 is 1.47 bits per heavy atom. The minimum absolute atomic E-state index is 0.114. The van der Waals surface area contributed by atoms with Crippen LogP contribution in [0.2, 0.25) is 0 Å². The van der Waals surface area contributed by atoms with Crippen molar-refractivity contribution in [3.8, 4) is 0 Å². The molecule has 1 unspecified atom stereocenters. The van der Waals surface area contributed by atoms with Crippen molar-refractivity contribution in [2.75, 3.05) is 26.4 Å². The number of carboxylic acids is 1. The summed E-state index contributed by atoms with van der Waals surface area (Å²) in [4.78, 5) is 45.9. The van der Waals surface area contributed by atoms with Gasteiger partial charge in [0.1, 0.15) is 12.6 Å². The van der Waals surface area contributed by atoms with E-state index in [0.717, 1.165) is 89.9 Å². The van der Waals surface area contributed by atoms with E-state index in [4.69, 9.17) is 29.9 Å². The van der Waals surface area contributed by atoms with Crippen LogP contribution in [-0.4, -0.2) is 71.6 Å². The van der Waals surface area contributed by atoms with Crippen molar-refractivity contribution in [3.05, 3.63) is 85.1 Å². The fourth-order valence-electron chi connectivity index (χ4n) is 5.22. The van der Waals surface area contributed by atoms with Gasteiger partial charge in [-0.3, -0.25) is 23.4 Å². The second-order valence-corrected chi connectivity index (χ2v) is 15.6. The van der Waals surface area contributed by atoms with Crippen molar-refractivity contribution in [2.45, 2.75) is 160 Å². The quantitative estimate of drug-likeness (QED) is 0.0198. The third-order valence-corrected chi connectivity index (χ3v) is 9.62. The third-order valence-electron chi connectivity index (χ3n) is 8.67. The zero-order chi connectivity index (χ0) is 43.5. The minimum Gasteiger partial charge on any atom is -0.480 e. The predicted octanol–water partition coefficient (Wildman–Crippen LogP) is 10.5. The predicted molar refractivity (Wildman–Crippen MR) is 236 cm³/mol. The molecule has 12 nitrogen and oxygen atoms in total. The molecule has 0 spiro atoms. The lowest BCUT2D eigenvalue weighted by Crippen LogP contribution is -2.34. The number of hydrogen-bond donors (Lipinski definition) is 4. The first kappa shape index (κ1) is 55.6. The summed E-state index contributed by atoms with van der Waals surface area (Å²) in [7, 11) is -4.75. The number of aliphatic carboxylic acids is 1. The zero-order valence-corrected chi connectivity index (χ0v) is 36.6. The van der Waals surface area contributed by atoms with Crippen molar-refractivity contribution < 1.29 is 52.6 Å². The fourth-order valence-corrected chi connectivity index (χ4v) is 6.00. The number of esters is 2. The van der Waals surface area contributed by atoms with Crippen LogP contribution in [0.1, 0.15) is 148 Å². The summed E-state index contributed by atoms with van der Waals surface area (Å²) in [5, 5.41) is 17.7. The van der Waals surface area contributed by atoms with Crippen LogP contribution >= 0.6 is 7.82 Å². The van der Waals surface area contributed by atoms with Crippen LogP contribution in [0.25, 0.3) is 0 Å². The van der Waals surface area contributed by atoms with E-state index in [-0.39, 0.29) is 19.4 Å². The van der Waals surface area contributed by atoms with Crippen molar-refractivity contribution in [3.63, 3.8) is 0 Å². The Morgan fingerprint density at radius 1 is 0.559 bits per heavy atom. The van der Waals surface area contributed by atoms with Gasteiger partial charge in [0.05, 0.1) is 13.2 Å². The molecule has 3 atom stereocenters. The molecule has 0 amide bonds. The summed E-state index contributed by atoms with van der Waals surface area (Å²) in [6.45, 7) is 0.682. The molecular weight excluding hydrogens is 773 g/mol. The van der Waals surface area contributed by atoms with Gasteiger partial charge in [-0.25, -0.2) is 4.57 Å². The molecule has 0 bridgehead atoms. The summed E-state index contributed by atoms with van der Waals surface area (Å²) < 4.78 is 32.6. The maximum atomic E-state index is 12.6. The standard InChI is InChI=1S/C46H76NO11P/c1-2-3-4-5-6-7-8-9-10-12-16-19-22-25-28-31-34-37-45(50)58-42(40-56-59(53,54)57-41-43(47)46(51)52)39-55-44(49)36-33-30-27-24-21-18-15-13-11-14-17-20-23-26-29-32-35-38-48/h6-7,9-11,14-16,18-20,23-24,27,42-43,48H,2-5,8,12-13,17,21-22,25-26,28-41,47H2,1H3,(H,51,52)(H,53,54)/b7-6-,10-9-,14-11-,18-15-,19-16-,23-20-,27-24-/t42-,43+/m1/s1. The number of rotatable bonds is 40. The lowest BCUT2D eigenvalue weighted by atomic mass is 10.1. The number of nitrogens with two attached hydrogens (primary N) is 1. The van der Waals surface area contributed by atoms with E-state index in [2.05, 4.69) is 84.4 Å². The second kappa shape index (κ2) is 41.4.